The van der Waals surface area contributed by atoms with Crippen LogP contribution in [0.1, 0.15) is 33.3 Å². The summed E-state index contributed by atoms with van der Waals surface area (Å²) in [6, 6.07) is 15.0. The Labute approximate surface area is 190 Å². The molecule has 0 unspecified atom stereocenters. The zero-order chi connectivity index (χ0) is 22.9. The van der Waals surface area contributed by atoms with Crippen LogP contribution in [0.5, 0.6) is 5.75 Å². The van der Waals surface area contributed by atoms with Crippen LogP contribution in [-0.4, -0.2) is 31.5 Å². The second kappa shape index (κ2) is 8.70. The number of aromatic hydroxyl groups is 1. The molecule has 2 heterocycles. The molecule has 166 valence electrons. The first-order valence-corrected chi connectivity index (χ1v) is 11.4. The van der Waals surface area contributed by atoms with E-state index in [0.29, 0.717) is 29.0 Å². The maximum absolute atomic E-state index is 12.6. The molecule has 0 spiro atoms. The Hall–Kier alpha value is -3.26. The summed E-state index contributed by atoms with van der Waals surface area (Å²) in [5, 5.41) is 23.1. The van der Waals surface area contributed by atoms with Gasteiger partial charge in [0, 0.05) is 11.9 Å². The van der Waals surface area contributed by atoms with Gasteiger partial charge < -0.3 is 14.8 Å². The van der Waals surface area contributed by atoms with E-state index in [0.717, 1.165) is 16.5 Å². The van der Waals surface area contributed by atoms with Crippen LogP contribution >= 0.6 is 11.8 Å². The number of aromatic nitrogens is 3. The first-order chi connectivity index (χ1) is 15.3. The highest BCUT2D eigenvalue weighted by Crippen LogP contribution is 2.32. The number of carbonyl (C=O) groups is 1. The van der Waals surface area contributed by atoms with Crippen molar-refractivity contribution in [2.45, 2.75) is 44.8 Å². The Morgan fingerprint density at radius 3 is 2.66 bits per heavy atom. The molecule has 8 heteroatoms. The average molecular weight is 451 g/mol. The molecular weight excluding hydrogens is 424 g/mol. The first-order valence-electron chi connectivity index (χ1n) is 10.4. The highest BCUT2D eigenvalue weighted by atomic mass is 32.2. The predicted molar refractivity (Wildman–Crippen MR) is 127 cm³/mol. The lowest BCUT2D eigenvalue weighted by Crippen LogP contribution is -2.16. The molecule has 0 saturated heterocycles. The van der Waals surface area contributed by atoms with E-state index in [1.807, 2.05) is 54.0 Å². The fourth-order valence-electron chi connectivity index (χ4n) is 3.37. The SMILES string of the molecule is CCn1c(SCC(=O)Nc2cc(C(C)(C)C)ccc2O)nnc1-c1cc2ccccc2o1. The van der Waals surface area contributed by atoms with E-state index in [-0.39, 0.29) is 22.8 Å². The smallest absolute Gasteiger partial charge is 0.234 e. The molecule has 7 nitrogen and oxygen atoms in total. The minimum atomic E-state index is -0.229. The van der Waals surface area contributed by atoms with Crippen LogP contribution in [0.25, 0.3) is 22.6 Å². The van der Waals surface area contributed by atoms with Crippen LogP contribution in [0.3, 0.4) is 0 Å². The monoisotopic (exact) mass is 450 g/mol. The van der Waals surface area contributed by atoms with Gasteiger partial charge in [-0.2, -0.15) is 0 Å². The molecule has 2 N–H and O–H groups in total. The fourth-order valence-corrected chi connectivity index (χ4v) is 4.18. The Kier molecular flexibility index (Phi) is 5.97. The Morgan fingerprint density at radius 1 is 1.16 bits per heavy atom. The summed E-state index contributed by atoms with van der Waals surface area (Å²) in [6.45, 7) is 8.88. The summed E-state index contributed by atoms with van der Waals surface area (Å²) in [7, 11) is 0. The largest absolute Gasteiger partial charge is 0.506 e. The summed E-state index contributed by atoms with van der Waals surface area (Å²) >= 11 is 1.29. The zero-order valence-corrected chi connectivity index (χ0v) is 19.4. The van der Waals surface area contributed by atoms with Crippen molar-refractivity contribution in [2.75, 3.05) is 11.1 Å². The lowest BCUT2D eigenvalue weighted by Gasteiger charge is -2.20. The molecular formula is C24H26N4O3S. The van der Waals surface area contributed by atoms with E-state index in [1.165, 1.54) is 11.8 Å². The summed E-state index contributed by atoms with van der Waals surface area (Å²) in [4.78, 5) is 12.6. The maximum atomic E-state index is 12.6. The summed E-state index contributed by atoms with van der Waals surface area (Å²) in [6.07, 6.45) is 0. The molecule has 0 radical (unpaired) electrons. The number of carbonyl (C=O) groups excluding carboxylic acids is 1. The number of phenols is 1. The number of thioether (sulfide) groups is 1. The topological polar surface area (TPSA) is 93.2 Å². The number of anilines is 1. The van der Waals surface area contributed by atoms with E-state index in [9.17, 15) is 9.90 Å². The van der Waals surface area contributed by atoms with Crippen molar-refractivity contribution >= 4 is 34.3 Å². The molecule has 2 aromatic heterocycles. The summed E-state index contributed by atoms with van der Waals surface area (Å²) in [5.74, 6) is 1.22. The molecule has 0 saturated carbocycles. The standard InChI is InChI=1S/C24H26N4O3S/c1-5-28-22(20-12-15-8-6-7-9-19(15)31-20)26-27-23(28)32-14-21(30)25-17-13-16(24(2,3)4)10-11-18(17)29/h6-13,29H,5,14H2,1-4H3,(H,25,30). The van der Waals surface area contributed by atoms with Crippen LogP contribution in [0.4, 0.5) is 5.69 Å². The van der Waals surface area contributed by atoms with Gasteiger partial charge in [0.1, 0.15) is 11.3 Å². The maximum Gasteiger partial charge on any atom is 0.234 e. The van der Waals surface area contributed by atoms with Crippen molar-refractivity contribution in [3.05, 3.63) is 54.1 Å². The molecule has 0 bridgehead atoms. The molecule has 0 atom stereocenters. The summed E-state index contributed by atoms with van der Waals surface area (Å²) < 4.78 is 7.85. The normalized spacial score (nSPS) is 11.8. The van der Waals surface area contributed by atoms with Crippen LogP contribution in [0, 0.1) is 0 Å². The van der Waals surface area contributed by atoms with E-state index in [4.69, 9.17) is 4.42 Å². The van der Waals surface area contributed by atoms with E-state index in [1.54, 1.807) is 6.07 Å². The van der Waals surface area contributed by atoms with Crippen molar-refractivity contribution < 1.29 is 14.3 Å². The Bertz CT molecular complexity index is 1240. The minimum Gasteiger partial charge on any atom is -0.506 e. The number of fused-ring (bicyclic) bond motifs is 1. The lowest BCUT2D eigenvalue weighted by molar-refractivity contribution is -0.113. The van der Waals surface area contributed by atoms with Crippen molar-refractivity contribution in [2.24, 2.45) is 0 Å². The number of nitrogens with zero attached hydrogens (tertiary/aromatic N) is 3. The second-order valence-corrected chi connectivity index (χ2v) is 9.46. The molecule has 4 aromatic rings. The zero-order valence-electron chi connectivity index (χ0n) is 18.5. The third-order valence-corrected chi connectivity index (χ3v) is 6.11. The van der Waals surface area contributed by atoms with Crippen LogP contribution < -0.4 is 5.32 Å². The van der Waals surface area contributed by atoms with Gasteiger partial charge in [-0.15, -0.1) is 10.2 Å². The number of para-hydroxylation sites is 1. The number of rotatable bonds is 6. The molecule has 0 fully saturated rings. The molecule has 0 aliphatic carbocycles. The first kappa shape index (κ1) is 22.0. The van der Waals surface area contributed by atoms with Crippen molar-refractivity contribution in [3.8, 4) is 17.3 Å². The third-order valence-electron chi connectivity index (χ3n) is 5.15. The van der Waals surface area contributed by atoms with E-state index < -0.39 is 0 Å². The fraction of sp³-hybridized carbons (Fsp3) is 0.292. The molecule has 0 aliphatic heterocycles. The number of nitrogens with one attached hydrogen (secondary N) is 1. The van der Waals surface area contributed by atoms with Gasteiger partial charge in [-0.05, 0) is 42.2 Å². The predicted octanol–water partition coefficient (Wildman–Crippen LogP) is 5.45. The van der Waals surface area contributed by atoms with Gasteiger partial charge in [-0.25, -0.2) is 0 Å². The minimum absolute atomic E-state index is 0.0419. The third kappa shape index (κ3) is 4.50. The number of furan rings is 1. The van der Waals surface area contributed by atoms with E-state index >= 15 is 0 Å². The highest BCUT2D eigenvalue weighted by molar-refractivity contribution is 7.99. The Balaban J connectivity index is 1.48. The lowest BCUT2D eigenvalue weighted by atomic mass is 9.87. The van der Waals surface area contributed by atoms with Gasteiger partial charge in [0.05, 0.1) is 11.4 Å². The quantitative estimate of drug-likeness (QED) is 0.300. The number of phenolic OH excluding ortho intramolecular Hbond substituents is 1. The highest BCUT2D eigenvalue weighted by Gasteiger charge is 2.19. The molecule has 0 aliphatic rings. The van der Waals surface area contributed by atoms with Gasteiger partial charge >= 0.3 is 0 Å². The average Bonchev–Trinajstić information content (AvgIpc) is 3.36. The number of benzene rings is 2. The molecule has 4 rings (SSSR count). The van der Waals surface area contributed by atoms with Crippen molar-refractivity contribution in [1.82, 2.24) is 14.8 Å². The summed E-state index contributed by atoms with van der Waals surface area (Å²) in [5.41, 5.74) is 2.13. The van der Waals surface area contributed by atoms with Gasteiger partial charge in [0.15, 0.2) is 10.9 Å². The number of amides is 1. The van der Waals surface area contributed by atoms with Crippen molar-refractivity contribution in [1.29, 1.82) is 0 Å². The second-order valence-electron chi connectivity index (χ2n) is 8.52. The molecule has 1 amide bonds. The van der Waals surface area contributed by atoms with Gasteiger partial charge in [0.2, 0.25) is 11.7 Å². The van der Waals surface area contributed by atoms with Crippen molar-refractivity contribution in [3.63, 3.8) is 0 Å². The van der Waals surface area contributed by atoms with Crippen LogP contribution in [-0.2, 0) is 16.8 Å². The van der Waals surface area contributed by atoms with Gasteiger partial charge in [0.25, 0.3) is 0 Å². The van der Waals surface area contributed by atoms with Gasteiger partial charge in [-0.1, -0.05) is 56.8 Å². The number of hydrogen-bond acceptors (Lipinski definition) is 6. The van der Waals surface area contributed by atoms with Crippen LogP contribution in [0.15, 0.2) is 58.1 Å². The number of hydrogen-bond donors (Lipinski definition) is 2. The van der Waals surface area contributed by atoms with E-state index in [2.05, 4.69) is 36.3 Å². The molecule has 2 aromatic carbocycles. The van der Waals surface area contributed by atoms with Crippen LogP contribution in [0.2, 0.25) is 0 Å². The molecule has 32 heavy (non-hydrogen) atoms. The van der Waals surface area contributed by atoms with Gasteiger partial charge in [-0.3, -0.25) is 9.36 Å². The Morgan fingerprint density at radius 2 is 1.94 bits per heavy atom.